The Bertz CT molecular complexity index is 1140. The number of anilines is 1. The first-order valence-electron chi connectivity index (χ1n) is 10.5. The van der Waals surface area contributed by atoms with Gasteiger partial charge in [0.25, 0.3) is 5.56 Å². The molecule has 1 atom stereocenters. The third-order valence-electron chi connectivity index (χ3n) is 6.17. The lowest BCUT2D eigenvalue weighted by molar-refractivity contribution is 0.0963. The van der Waals surface area contributed by atoms with Crippen molar-refractivity contribution in [2.24, 2.45) is 0 Å². The highest BCUT2D eigenvalue weighted by molar-refractivity contribution is 6.30. The van der Waals surface area contributed by atoms with Gasteiger partial charge < -0.3 is 5.43 Å². The van der Waals surface area contributed by atoms with Crippen molar-refractivity contribution in [1.82, 2.24) is 14.5 Å². The SMILES string of the molecule is CC(N1CCCC1)N1Cc2cc(-n3ccc(-c4cccc(Cl)c4)cc3=O)ccc2N1. The van der Waals surface area contributed by atoms with Gasteiger partial charge in [-0.15, -0.1) is 0 Å². The molecule has 3 aromatic rings. The minimum Gasteiger partial charge on any atom is -0.317 e. The lowest BCUT2D eigenvalue weighted by Gasteiger charge is -2.32. The number of hydrogen-bond acceptors (Lipinski definition) is 4. The zero-order valence-corrected chi connectivity index (χ0v) is 17.8. The number of fused-ring (bicyclic) bond motifs is 1. The molecule has 6 heteroatoms. The van der Waals surface area contributed by atoms with E-state index in [4.69, 9.17) is 11.6 Å². The molecule has 0 amide bonds. The van der Waals surface area contributed by atoms with Crippen molar-refractivity contribution in [1.29, 1.82) is 0 Å². The molecule has 0 saturated carbocycles. The Morgan fingerprint density at radius 3 is 2.57 bits per heavy atom. The van der Waals surface area contributed by atoms with E-state index in [2.05, 4.69) is 34.4 Å². The van der Waals surface area contributed by atoms with Gasteiger partial charge in [0.15, 0.2) is 0 Å². The first kappa shape index (κ1) is 19.4. The molecule has 30 heavy (non-hydrogen) atoms. The standard InChI is InChI=1S/C24H25ClN4O/c1-17(27-10-2-3-11-27)29-16-20-14-22(7-8-23(20)26-29)28-12-9-19(15-24(28)30)18-5-4-6-21(25)13-18/h4-9,12-15,17,26H,2-3,10-11,16H2,1H3. The van der Waals surface area contributed by atoms with Crippen molar-refractivity contribution in [3.05, 3.63) is 81.7 Å². The number of rotatable bonds is 4. The third-order valence-corrected chi connectivity index (χ3v) is 6.40. The number of aromatic nitrogens is 1. The summed E-state index contributed by atoms with van der Waals surface area (Å²) in [5.74, 6) is 0. The molecular weight excluding hydrogens is 396 g/mol. The predicted octanol–water partition coefficient (Wildman–Crippen LogP) is 4.74. The van der Waals surface area contributed by atoms with E-state index in [9.17, 15) is 4.79 Å². The quantitative estimate of drug-likeness (QED) is 0.661. The Kier molecular flexibility index (Phi) is 5.11. The molecule has 5 nitrogen and oxygen atoms in total. The van der Waals surface area contributed by atoms with Crippen LogP contribution in [0.3, 0.4) is 0 Å². The van der Waals surface area contributed by atoms with Crippen molar-refractivity contribution in [2.45, 2.75) is 32.5 Å². The number of halogens is 1. The van der Waals surface area contributed by atoms with Crippen LogP contribution in [0.1, 0.15) is 25.3 Å². The van der Waals surface area contributed by atoms with Crippen molar-refractivity contribution in [3.8, 4) is 16.8 Å². The fourth-order valence-corrected chi connectivity index (χ4v) is 4.62. The summed E-state index contributed by atoms with van der Waals surface area (Å²) < 4.78 is 1.70. The smallest absolute Gasteiger partial charge is 0.255 e. The Hall–Kier alpha value is -2.60. The maximum atomic E-state index is 12.8. The molecule has 2 aliphatic rings. The van der Waals surface area contributed by atoms with Crippen molar-refractivity contribution in [3.63, 3.8) is 0 Å². The van der Waals surface area contributed by atoms with Gasteiger partial charge in [-0.1, -0.05) is 23.7 Å². The van der Waals surface area contributed by atoms with Crippen LogP contribution in [0.5, 0.6) is 0 Å². The van der Waals surface area contributed by atoms with Gasteiger partial charge in [0.05, 0.1) is 11.9 Å². The van der Waals surface area contributed by atoms with Crippen molar-refractivity contribution >= 4 is 17.3 Å². The average Bonchev–Trinajstić information content (AvgIpc) is 3.42. The number of nitrogens with zero attached hydrogens (tertiary/aromatic N) is 3. The Labute approximate surface area is 181 Å². The summed E-state index contributed by atoms with van der Waals surface area (Å²) in [6.07, 6.45) is 4.75. The van der Waals surface area contributed by atoms with Crippen molar-refractivity contribution in [2.75, 3.05) is 18.5 Å². The molecule has 2 aromatic carbocycles. The van der Waals surface area contributed by atoms with Crippen LogP contribution in [-0.2, 0) is 6.54 Å². The highest BCUT2D eigenvalue weighted by Crippen LogP contribution is 2.30. The summed E-state index contributed by atoms with van der Waals surface area (Å²) in [5, 5.41) is 2.95. The monoisotopic (exact) mass is 420 g/mol. The van der Waals surface area contributed by atoms with Gasteiger partial charge in [0.1, 0.15) is 0 Å². The number of hydrogen-bond donors (Lipinski definition) is 1. The van der Waals surface area contributed by atoms with Gasteiger partial charge in [-0.05, 0) is 85.9 Å². The van der Waals surface area contributed by atoms with E-state index in [-0.39, 0.29) is 5.56 Å². The Morgan fingerprint density at radius 1 is 1.00 bits per heavy atom. The molecule has 1 fully saturated rings. The topological polar surface area (TPSA) is 40.5 Å². The summed E-state index contributed by atoms with van der Waals surface area (Å²) in [7, 11) is 0. The Balaban J connectivity index is 1.39. The molecule has 1 unspecified atom stereocenters. The van der Waals surface area contributed by atoms with Crippen molar-refractivity contribution < 1.29 is 0 Å². The number of nitrogens with one attached hydrogen (secondary N) is 1. The number of benzene rings is 2. The Morgan fingerprint density at radius 2 is 1.80 bits per heavy atom. The number of pyridine rings is 1. The predicted molar refractivity (Wildman–Crippen MR) is 122 cm³/mol. The summed E-state index contributed by atoms with van der Waals surface area (Å²) in [5.41, 5.74) is 8.50. The van der Waals surface area contributed by atoms with E-state index >= 15 is 0 Å². The molecule has 2 aliphatic heterocycles. The minimum atomic E-state index is -0.0549. The van der Waals surface area contributed by atoms with Crippen LogP contribution in [0.4, 0.5) is 5.69 Å². The van der Waals surface area contributed by atoms with Gasteiger partial charge in [0.2, 0.25) is 0 Å². The minimum absolute atomic E-state index is 0.0549. The summed E-state index contributed by atoms with van der Waals surface area (Å²) in [6, 6.07) is 17.4. The van der Waals surface area contributed by atoms with E-state index < -0.39 is 0 Å². The molecule has 1 aromatic heterocycles. The second-order valence-corrected chi connectivity index (χ2v) is 8.53. The van der Waals surface area contributed by atoms with Crippen LogP contribution in [-0.4, -0.2) is 33.7 Å². The van der Waals surface area contributed by atoms with Crippen LogP contribution in [0, 0.1) is 0 Å². The largest absolute Gasteiger partial charge is 0.317 e. The highest BCUT2D eigenvalue weighted by atomic mass is 35.5. The summed E-state index contributed by atoms with van der Waals surface area (Å²) >= 11 is 6.09. The first-order chi connectivity index (χ1) is 14.6. The van der Waals surface area contributed by atoms with Gasteiger partial charge >= 0.3 is 0 Å². The molecule has 3 heterocycles. The first-order valence-corrected chi connectivity index (χ1v) is 10.9. The summed E-state index contributed by atoms with van der Waals surface area (Å²) in [6.45, 7) is 5.41. The highest BCUT2D eigenvalue weighted by Gasteiger charge is 2.28. The van der Waals surface area contributed by atoms with Crippen LogP contribution >= 0.6 is 11.6 Å². The lowest BCUT2D eigenvalue weighted by Crippen LogP contribution is -2.45. The van der Waals surface area contributed by atoms with E-state index in [1.54, 1.807) is 10.6 Å². The number of likely N-dealkylation sites (tertiary alicyclic amines) is 1. The normalized spacial score (nSPS) is 17.7. The molecule has 0 radical (unpaired) electrons. The van der Waals surface area contributed by atoms with Gasteiger partial charge in [-0.25, -0.2) is 5.01 Å². The van der Waals surface area contributed by atoms with Crippen LogP contribution in [0.2, 0.25) is 5.02 Å². The summed E-state index contributed by atoms with van der Waals surface area (Å²) in [4.78, 5) is 15.4. The average molecular weight is 421 g/mol. The number of hydrazine groups is 1. The maximum absolute atomic E-state index is 12.8. The molecule has 1 N–H and O–H groups in total. The second-order valence-electron chi connectivity index (χ2n) is 8.09. The fraction of sp³-hybridized carbons (Fsp3) is 0.292. The van der Waals surface area contributed by atoms with Gasteiger partial charge in [-0.3, -0.25) is 14.3 Å². The van der Waals surface area contributed by atoms with Gasteiger partial charge in [0, 0.05) is 29.5 Å². The van der Waals surface area contributed by atoms with Crippen LogP contribution < -0.4 is 11.0 Å². The lowest BCUT2D eigenvalue weighted by atomic mass is 10.1. The van der Waals surface area contributed by atoms with Gasteiger partial charge in [-0.2, -0.15) is 0 Å². The van der Waals surface area contributed by atoms with E-state index in [1.165, 1.54) is 18.4 Å². The zero-order chi connectivity index (χ0) is 20.7. The zero-order valence-electron chi connectivity index (χ0n) is 17.0. The second kappa shape index (κ2) is 7.91. The van der Waals surface area contributed by atoms with E-state index in [0.29, 0.717) is 11.2 Å². The molecule has 0 bridgehead atoms. The molecule has 0 aliphatic carbocycles. The van der Waals surface area contributed by atoms with E-state index in [1.807, 2.05) is 42.6 Å². The molecule has 0 spiro atoms. The maximum Gasteiger partial charge on any atom is 0.255 e. The molecule has 5 rings (SSSR count). The molecule has 1 saturated heterocycles. The van der Waals surface area contributed by atoms with Crippen LogP contribution in [0.15, 0.2) is 65.6 Å². The fourth-order valence-electron chi connectivity index (χ4n) is 4.43. The molecular formula is C24H25ClN4O. The third kappa shape index (κ3) is 3.65. The molecule has 154 valence electrons. The van der Waals surface area contributed by atoms with Crippen LogP contribution in [0.25, 0.3) is 16.8 Å². The van der Waals surface area contributed by atoms with E-state index in [0.717, 1.165) is 42.1 Å².